The van der Waals surface area contributed by atoms with Crippen molar-refractivity contribution in [2.24, 2.45) is 0 Å². The van der Waals surface area contributed by atoms with Gasteiger partial charge in [-0.05, 0) is 133 Å². The average molecular weight is 829 g/mol. The fourth-order valence-electron chi connectivity index (χ4n) is 11.1. The molecule has 0 spiro atoms. The molecule has 0 radical (unpaired) electrons. The van der Waals surface area contributed by atoms with Gasteiger partial charge in [0.15, 0.2) is 0 Å². The molecule has 13 rings (SSSR count). The Morgan fingerprint density at radius 1 is 0.246 bits per heavy atom. The van der Waals surface area contributed by atoms with Gasteiger partial charge in [-0.2, -0.15) is 0 Å². The highest BCUT2D eigenvalue weighted by molar-refractivity contribution is 6.06. The molecule has 0 atom stereocenters. The lowest BCUT2D eigenvalue weighted by Crippen LogP contribution is -2.14. The molecule has 2 aliphatic heterocycles. The molecule has 306 valence electrons. The van der Waals surface area contributed by atoms with Crippen LogP contribution in [0.1, 0.15) is 25.0 Å². The Hall–Kier alpha value is -8.20. The summed E-state index contributed by atoms with van der Waals surface area (Å²) in [5.74, 6) is 0. The number of para-hydroxylation sites is 3. The lowest BCUT2D eigenvalue weighted by atomic mass is 9.81. The molecule has 2 nitrogen and oxygen atoms in total. The third kappa shape index (κ3) is 5.74. The Morgan fingerprint density at radius 3 is 1.25 bits per heavy atom. The first-order valence-corrected chi connectivity index (χ1v) is 22.7. The topological polar surface area (TPSA) is 6.48 Å². The quantitative estimate of drug-likeness (QED) is 0.174. The minimum atomic E-state index is -0.0708. The summed E-state index contributed by atoms with van der Waals surface area (Å²) in [7, 11) is 0. The second kappa shape index (κ2) is 14.4. The predicted molar refractivity (Wildman–Crippen MR) is 273 cm³/mol. The van der Waals surface area contributed by atoms with Crippen molar-refractivity contribution in [3.63, 3.8) is 0 Å². The minimum absolute atomic E-state index is 0.0708. The summed E-state index contributed by atoms with van der Waals surface area (Å²) in [4.78, 5) is 4.90. The van der Waals surface area contributed by atoms with Gasteiger partial charge in [-0.15, -0.1) is 0 Å². The van der Waals surface area contributed by atoms with E-state index in [0.29, 0.717) is 0 Å². The van der Waals surface area contributed by atoms with E-state index < -0.39 is 0 Å². The Morgan fingerprint density at radius 2 is 0.646 bits per heavy atom. The summed E-state index contributed by atoms with van der Waals surface area (Å²) in [6, 6.07) is 85.4. The molecule has 10 aromatic rings. The molecule has 10 aromatic carbocycles. The van der Waals surface area contributed by atoms with E-state index in [1.54, 1.807) is 0 Å². The van der Waals surface area contributed by atoms with Crippen molar-refractivity contribution in [3.8, 4) is 77.9 Å². The predicted octanol–water partition coefficient (Wildman–Crippen LogP) is 17.6. The summed E-state index contributed by atoms with van der Waals surface area (Å²) >= 11 is 0. The number of fused-ring (bicyclic) bond motifs is 13. The van der Waals surface area contributed by atoms with E-state index in [1.165, 1.54) is 94.7 Å². The highest BCUT2D eigenvalue weighted by Gasteiger charge is 2.35. The molecule has 1 aliphatic carbocycles. The van der Waals surface area contributed by atoms with Gasteiger partial charge in [0, 0.05) is 39.0 Å². The first-order chi connectivity index (χ1) is 32.0. The fourth-order valence-corrected chi connectivity index (χ4v) is 11.1. The molecule has 2 heterocycles. The molecule has 3 aliphatic rings. The van der Waals surface area contributed by atoms with Crippen molar-refractivity contribution in [1.29, 1.82) is 0 Å². The van der Waals surface area contributed by atoms with Crippen LogP contribution in [0.15, 0.2) is 231 Å². The van der Waals surface area contributed by atoms with E-state index in [1.807, 2.05) is 0 Å². The molecule has 0 saturated heterocycles. The van der Waals surface area contributed by atoms with Gasteiger partial charge < -0.3 is 9.80 Å². The van der Waals surface area contributed by atoms with Gasteiger partial charge in [0.2, 0.25) is 0 Å². The monoisotopic (exact) mass is 828 g/mol. The van der Waals surface area contributed by atoms with Gasteiger partial charge in [0.25, 0.3) is 0 Å². The molecule has 0 fully saturated rings. The van der Waals surface area contributed by atoms with Crippen molar-refractivity contribution in [3.05, 3.63) is 242 Å². The third-order valence-corrected chi connectivity index (χ3v) is 14.1. The second-order valence-corrected chi connectivity index (χ2v) is 18.1. The molecule has 0 bridgehead atoms. The molecular formula is C63H44N2. The van der Waals surface area contributed by atoms with Crippen molar-refractivity contribution in [2.45, 2.75) is 19.3 Å². The molecule has 0 aromatic heterocycles. The molecule has 65 heavy (non-hydrogen) atoms. The summed E-state index contributed by atoms with van der Waals surface area (Å²) in [5.41, 5.74) is 26.9. The number of benzene rings is 10. The maximum absolute atomic E-state index is 2.48. The lowest BCUT2D eigenvalue weighted by molar-refractivity contribution is 0.660. The average Bonchev–Trinajstić information content (AvgIpc) is 3.44. The summed E-state index contributed by atoms with van der Waals surface area (Å²) in [6.45, 7) is 4.72. The standard InChI is InChI=1S/C63H44N2/c1-63(2)57-28-13-10-25-51(57)52-34-31-44(40-58(52)63)41-17-16-20-46(37-41)65-60-30-15-12-27-54(60)48-22-7-9-24-50(48)56-39-43(33-36-62(56)65)42-32-35-61-55(38-42)49-23-8-6-21-47(49)53-26-11-14-29-59(53)64(61)45-18-4-3-5-19-45/h3-40H,1-2H3. The highest BCUT2D eigenvalue weighted by Crippen LogP contribution is 2.55. The maximum Gasteiger partial charge on any atom is 0.0540 e. The van der Waals surface area contributed by atoms with E-state index in [4.69, 9.17) is 0 Å². The van der Waals surface area contributed by atoms with Crippen LogP contribution in [0.25, 0.3) is 77.9 Å². The SMILES string of the molecule is CC1(C)c2ccccc2-c2ccc(-c3cccc(N4c5ccccc5-c5ccccc5-c5cc(-c6ccc7c(c6)-c6ccccc6-c6ccccc6N7c6ccccc6)ccc54)c3)cc21. The van der Waals surface area contributed by atoms with E-state index in [2.05, 4.69) is 254 Å². The highest BCUT2D eigenvalue weighted by atomic mass is 15.2. The van der Waals surface area contributed by atoms with Crippen LogP contribution in [-0.2, 0) is 5.41 Å². The van der Waals surface area contributed by atoms with E-state index in [9.17, 15) is 0 Å². The van der Waals surface area contributed by atoms with Crippen LogP contribution >= 0.6 is 0 Å². The van der Waals surface area contributed by atoms with Crippen molar-refractivity contribution >= 4 is 34.1 Å². The van der Waals surface area contributed by atoms with Crippen molar-refractivity contribution < 1.29 is 0 Å². The maximum atomic E-state index is 2.48. The number of hydrogen-bond acceptors (Lipinski definition) is 2. The Labute approximate surface area is 381 Å². The molecular weight excluding hydrogens is 785 g/mol. The molecule has 0 amide bonds. The Balaban J connectivity index is 0.974. The Kier molecular flexibility index (Phi) is 8.29. The van der Waals surface area contributed by atoms with E-state index in [-0.39, 0.29) is 5.41 Å². The molecule has 0 unspecified atom stereocenters. The van der Waals surface area contributed by atoms with Crippen LogP contribution in [0, 0.1) is 0 Å². The van der Waals surface area contributed by atoms with Crippen LogP contribution in [-0.4, -0.2) is 0 Å². The number of hydrogen-bond donors (Lipinski definition) is 0. The van der Waals surface area contributed by atoms with Crippen LogP contribution in [0.2, 0.25) is 0 Å². The molecule has 2 heteroatoms. The number of anilines is 6. The van der Waals surface area contributed by atoms with Crippen molar-refractivity contribution in [2.75, 3.05) is 9.80 Å². The summed E-state index contributed by atoms with van der Waals surface area (Å²) in [5, 5.41) is 0. The van der Waals surface area contributed by atoms with Gasteiger partial charge in [0.05, 0.1) is 22.7 Å². The van der Waals surface area contributed by atoms with Gasteiger partial charge in [-0.25, -0.2) is 0 Å². The van der Waals surface area contributed by atoms with Crippen LogP contribution in [0.5, 0.6) is 0 Å². The number of nitrogens with zero attached hydrogens (tertiary/aromatic N) is 2. The lowest BCUT2D eigenvalue weighted by Gasteiger charge is -2.28. The second-order valence-electron chi connectivity index (χ2n) is 18.1. The minimum Gasteiger partial charge on any atom is -0.309 e. The first kappa shape index (κ1) is 37.4. The molecule has 0 N–H and O–H groups in total. The normalized spacial score (nSPS) is 13.4. The van der Waals surface area contributed by atoms with Crippen LogP contribution < -0.4 is 9.80 Å². The fraction of sp³-hybridized carbons (Fsp3) is 0.0476. The largest absolute Gasteiger partial charge is 0.309 e. The van der Waals surface area contributed by atoms with E-state index >= 15 is 0 Å². The number of rotatable bonds is 4. The Bertz CT molecular complexity index is 3540. The van der Waals surface area contributed by atoms with Gasteiger partial charge in [0.1, 0.15) is 0 Å². The third-order valence-electron chi connectivity index (χ3n) is 14.1. The van der Waals surface area contributed by atoms with Crippen molar-refractivity contribution in [1.82, 2.24) is 0 Å². The molecule has 0 saturated carbocycles. The smallest absolute Gasteiger partial charge is 0.0540 e. The van der Waals surface area contributed by atoms with Crippen LogP contribution in [0.3, 0.4) is 0 Å². The van der Waals surface area contributed by atoms with Gasteiger partial charge in [-0.3, -0.25) is 0 Å². The zero-order valence-corrected chi connectivity index (χ0v) is 36.3. The van der Waals surface area contributed by atoms with Crippen LogP contribution in [0.4, 0.5) is 34.1 Å². The van der Waals surface area contributed by atoms with E-state index in [0.717, 1.165) is 28.4 Å². The summed E-state index contributed by atoms with van der Waals surface area (Å²) in [6.07, 6.45) is 0. The zero-order valence-electron chi connectivity index (χ0n) is 36.3. The van der Waals surface area contributed by atoms with Gasteiger partial charge >= 0.3 is 0 Å². The zero-order chi connectivity index (χ0) is 43.2. The summed E-state index contributed by atoms with van der Waals surface area (Å²) < 4.78 is 0. The first-order valence-electron chi connectivity index (χ1n) is 22.7. The van der Waals surface area contributed by atoms with Gasteiger partial charge in [-0.1, -0.05) is 178 Å².